The molecule has 2 N–H and O–H groups in total. The molecule has 0 fully saturated rings. The summed E-state index contributed by atoms with van der Waals surface area (Å²) in [6, 6.07) is 3.57. The molecule has 144 valence electrons. The average molecular weight is 403 g/mol. The van der Waals surface area contributed by atoms with Crippen LogP contribution in [0.15, 0.2) is 18.2 Å². The maximum absolute atomic E-state index is 12.5. The molecule has 0 heterocycles. The molecule has 0 unspecified atom stereocenters. The molecule has 0 aromatic heterocycles. The van der Waals surface area contributed by atoms with Crippen LogP contribution in [0.4, 0.5) is 0 Å². The maximum atomic E-state index is 12.5. The monoisotopic (exact) mass is 402 g/mol. The van der Waals surface area contributed by atoms with Gasteiger partial charge in [0.1, 0.15) is 6.04 Å². The van der Waals surface area contributed by atoms with Gasteiger partial charge < -0.3 is 15.4 Å². The molecular weight excluding hydrogens is 379 g/mol. The molecule has 0 aliphatic carbocycles. The minimum atomic E-state index is -0.951. The Balaban J connectivity index is 2.87. The van der Waals surface area contributed by atoms with Gasteiger partial charge in [0, 0.05) is 11.6 Å². The number of halogens is 2. The number of hydrogen-bond acceptors (Lipinski definition) is 4. The van der Waals surface area contributed by atoms with Crippen LogP contribution in [0.25, 0.3) is 0 Å². The Hall–Kier alpha value is -1.79. The average Bonchev–Trinajstić information content (AvgIpc) is 2.53. The number of carbonyl (C=O) groups excluding carboxylic acids is 3. The highest BCUT2D eigenvalue weighted by Gasteiger charge is 2.28. The zero-order chi connectivity index (χ0) is 19.9. The van der Waals surface area contributed by atoms with Gasteiger partial charge in [-0.25, -0.2) is 4.79 Å². The Bertz CT molecular complexity index is 665. The number of ether oxygens (including phenoxy) is 1. The first-order chi connectivity index (χ1) is 12.1. The number of amides is 2. The van der Waals surface area contributed by atoms with Crippen LogP contribution in [0.2, 0.25) is 10.0 Å². The van der Waals surface area contributed by atoms with Crippen LogP contribution in [-0.2, 0) is 14.3 Å². The SMILES string of the molecule is CCNC(=O)[C@H](C)OC(=O)[C@@H](CC(C)C)NC(=O)c1ccc(Cl)cc1Cl. The number of esters is 1. The number of benzene rings is 1. The molecule has 0 saturated carbocycles. The van der Waals surface area contributed by atoms with Crippen molar-refractivity contribution in [3.05, 3.63) is 33.8 Å². The lowest BCUT2D eigenvalue weighted by Gasteiger charge is -2.22. The molecule has 0 aliphatic heterocycles. The fourth-order valence-electron chi connectivity index (χ4n) is 2.22. The van der Waals surface area contributed by atoms with E-state index in [0.29, 0.717) is 18.0 Å². The quantitative estimate of drug-likeness (QED) is 0.653. The normalized spacial score (nSPS) is 13.0. The number of rotatable bonds is 8. The zero-order valence-corrected chi connectivity index (χ0v) is 16.8. The first-order valence-electron chi connectivity index (χ1n) is 8.39. The zero-order valence-electron chi connectivity index (χ0n) is 15.3. The first kappa shape index (κ1) is 22.3. The fraction of sp³-hybridized carbons (Fsp3) is 0.500. The van der Waals surface area contributed by atoms with Gasteiger partial charge in [-0.05, 0) is 44.4 Å². The van der Waals surface area contributed by atoms with Crippen LogP contribution >= 0.6 is 23.2 Å². The maximum Gasteiger partial charge on any atom is 0.329 e. The van der Waals surface area contributed by atoms with Crippen molar-refractivity contribution >= 4 is 41.0 Å². The molecule has 0 saturated heterocycles. The third kappa shape index (κ3) is 6.84. The second-order valence-electron chi connectivity index (χ2n) is 6.25. The summed E-state index contributed by atoms with van der Waals surface area (Å²) in [5.74, 6) is -1.46. The van der Waals surface area contributed by atoms with Crippen molar-refractivity contribution < 1.29 is 19.1 Å². The molecule has 0 radical (unpaired) electrons. The minimum absolute atomic E-state index is 0.119. The van der Waals surface area contributed by atoms with Crippen molar-refractivity contribution in [3.8, 4) is 0 Å². The van der Waals surface area contributed by atoms with Gasteiger partial charge in [-0.3, -0.25) is 9.59 Å². The van der Waals surface area contributed by atoms with E-state index >= 15 is 0 Å². The van der Waals surface area contributed by atoms with Gasteiger partial charge in [-0.2, -0.15) is 0 Å². The molecular formula is C18H24Cl2N2O4. The molecule has 1 rings (SSSR count). The fourth-order valence-corrected chi connectivity index (χ4v) is 2.72. The smallest absolute Gasteiger partial charge is 0.329 e. The Morgan fingerprint density at radius 3 is 2.35 bits per heavy atom. The second-order valence-corrected chi connectivity index (χ2v) is 7.10. The molecule has 1 aromatic rings. The topological polar surface area (TPSA) is 84.5 Å². The molecule has 0 spiro atoms. The summed E-state index contributed by atoms with van der Waals surface area (Å²) in [6.45, 7) is 7.50. The lowest BCUT2D eigenvalue weighted by Crippen LogP contribution is -2.45. The van der Waals surface area contributed by atoms with Crippen LogP contribution in [0, 0.1) is 5.92 Å². The molecule has 0 bridgehead atoms. The number of nitrogens with one attached hydrogen (secondary N) is 2. The predicted octanol–water partition coefficient (Wildman–Crippen LogP) is 3.21. The Morgan fingerprint density at radius 1 is 1.15 bits per heavy atom. The van der Waals surface area contributed by atoms with Crippen LogP contribution in [0.1, 0.15) is 44.5 Å². The van der Waals surface area contributed by atoms with Crippen molar-refractivity contribution in [2.45, 2.75) is 46.3 Å². The summed E-state index contributed by atoms with van der Waals surface area (Å²) < 4.78 is 5.19. The molecule has 6 nitrogen and oxygen atoms in total. The molecule has 1 aromatic carbocycles. The van der Waals surface area contributed by atoms with Gasteiger partial charge in [0.2, 0.25) is 0 Å². The van der Waals surface area contributed by atoms with E-state index in [-0.39, 0.29) is 16.5 Å². The van der Waals surface area contributed by atoms with Crippen LogP contribution < -0.4 is 10.6 Å². The summed E-state index contributed by atoms with van der Waals surface area (Å²) in [6.07, 6.45) is -0.592. The summed E-state index contributed by atoms with van der Waals surface area (Å²) in [5.41, 5.74) is 0.203. The van der Waals surface area contributed by atoms with Gasteiger partial charge in [0.25, 0.3) is 11.8 Å². The summed E-state index contributed by atoms with van der Waals surface area (Å²) >= 11 is 11.9. The number of likely N-dealkylation sites (N-methyl/N-ethyl adjacent to an activating group) is 1. The largest absolute Gasteiger partial charge is 0.451 e. The van der Waals surface area contributed by atoms with Gasteiger partial charge in [0.05, 0.1) is 10.6 Å². The minimum Gasteiger partial charge on any atom is -0.451 e. The lowest BCUT2D eigenvalue weighted by molar-refractivity contribution is -0.156. The number of carbonyl (C=O) groups is 3. The third-order valence-electron chi connectivity index (χ3n) is 3.49. The predicted molar refractivity (Wildman–Crippen MR) is 101 cm³/mol. The van der Waals surface area contributed by atoms with E-state index in [2.05, 4.69) is 10.6 Å². The highest BCUT2D eigenvalue weighted by molar-refractivity contribution is 6.36. The standard InChI is InChI=1S/C18H24Cl2N2O4/c1-5-21-16(23)11(4)26-18(25)15(8-10(2)3)22-17(24)13-7-6-12(19)9-14(13)20/h6-7,9-11,15H,5,8H2,1-4H3,(H,21,23)(H,22,24)/t11-,15+/m0/s1. The van der Waals surface area contributed by atoms with Gasteiger partial charge in [0.15, 0.2) is 6.10 Å². The molecule has 26 heavy (non-hydrogen) atoms. The van der Waals surface area contributed by atoms with E-state index in [1.807, 2.05) is 13.8 Å². The molecule has 0 aliphatic rings. The Kier molecular flexibility index (Phi) is 8.88. The van der Waals surface area contributed by atoms with E-state index in [9.17, 15) is 14.4 Å². The van der Waals surface area contributed by atoms with Gasteiger partial charge in [-0.1, -0.05) is 37.0 Å². The van der Waals surface area contributed by atoms with Crippen LogP contribution in [-0.4, -0.2) is 36.5 Å². The highest BCUT2D eigenvalue weighted by Crippen LogP contribution is 2.21. The van der Waals surface area contributed by atoms with Crippen molar-refractivity contribution in [3.63, 3.8) is 0 Å². The Morgan fingerprint density at radius 2 is 1.81 bits per heavy atom. The van der Waals surface area contributed by atoms with Crippen molar-refractivity contribution in [1.29, 1.82) is 0 Å². The van der Waals surface area contributed by atoms with E-state index in [0.717, 1.165) is 0 Å². The van der Waals surface area contributed by atoms with Crippen molar-refractivity contribution in [2.75, 3.05) is 6.54 Å². The van der Waals surface area contributed by atoms with E-state index < -0.39 is 29.9 Å². The van der Waals surface area contributed by atoms with Gasteiger partial charge >= 0.3 is 5.97 Å². The van der Waals surface area contributed by atoms with Crippen LogP contribution in [0.3, 0.4) is 0 Å². The number of hydrogen-bond donors (Lipinski definition) is 2. The third-order valence-corrected chi connectivity index (χ3v) is 4.03. The molecule has 2 atom stereocenters. The van der Waals surface area contributed by atoms with Gasteiger partial charge in [-0.15, -0.1) is 0 Å². The molecule has 8 heteroatoms. The Labute approximate surface area is 163 Å². The summed E-state index contributed by atoms with van der Waals surface area (Å²) in [5, 5.41) is 5.79. The second kappa shape index (κ2) is 10.4. The summed E-state index contributed by atoms with van der Waals surface area (Å²) in [4.78, 5) is 36.6. The van der Waals surface area contributed by atoms with E-state index in [1.54, 1.807) is 6.92 Å². The highest BCUT2D eigenvalue weighted by atomic mass is 35.5. The van der Waals surface area contributed by atoms with Crippen molar-refractivity contribution in [2.24, 2.45) is 5.92 Å². The first-order valence-corrected chi connectivity index (χ1v) is 9.15. The van der Waals surface area contributed by atoms with E-state index in [4.69, 9.17) is 27.9 Å². The van der Waals surface area contributed by atoms with E-state index in [1.165, 1.54) is 25.1 Å². The summed E-state index contributed by atoms with van der Waals surface area (Å²) in [7, 11) is 0. The lowest BCUT2D eigenvalue weighted by atomic mass is 10.0. The van der Waals surface area contributed by atoms with Crippen LogP contribution in [0.5, 0.6) is 0 Å². The van der Waals surface area contributed by atoms with Crippen molar-refractivity contribution in [1.82, 2.24) is 10.6 Å². The molecule has 2 amide bonds.